The van der Waals surface area contributed by atoms with E-state index in [1.807, 2.05) is 0 Å². The van der Waals surface area contributed by atoms with Gasteiger partial charge in [-0.3, -0.25) is 4.79 Å². The first kappa shape index (κ1) is 16.6. The molecule has 0 saturated carbocycles. The maximum atomic E-state index is 13.2. The lowest BCUT2D eigenvalue weighted by molar-refractivity contribution is -0.116. The Balaban J connectivity index is 2.50. The largest absolute Gasteiger partial charge is 0.330 e. The highest BCUT2D eigenvalue weighted by Crippen LogP contribution is 2.21. The van der Waals surface area contributed by atoms with Gasteiger partial charge in [-0.1, -0.05) is 13.8 Å². The molecule has 112 valence electrons. The molecule has 0 spiro atoms. The van der Waals surface area contributed by atoms with Crippen molar-refractivity contribution in [2.24, 2.45) is 17.6 Å². The van der Waals surface area contributed by atoms with Crippen LogP contribution in [0.3, 0.4) is 0 Å². The predicted molar refractivity (Wildman–Crippen MR) is 81.0 cm³/mol. The first-order chi connectivity index (χ1) is 9.42. The summed E-state index contributed by atoms with van der Waals surface area (Å²) in [5, 5.41) is 2.75. The van der Waals surface area contributed by atoms with Gasteiger partial charge in [0.1, 0.15) is 5.82 Å². The molecule has 3 nitrogen and oxygen atoms in total. The van der Waals surface area contributed by atoms with E-state index in [1.165, 1.54) is 12.1 Å². The van der Waals surface area contributed by atoms with Crippen molar-refractivity contribution in [3.05, 3.63) is 29.6 Å². The molecule has 0 aliphatic carbocycles. The van der Waals surface area contributed by atoms with Crippen molar-refractivity contribution in [1.82, 2.24) is 0 Å². The highest BCUT2D eigenvalue weighted by Gasteiger charge is 2.14. The van der Waals surface area contributed by atoms with Gasteiger partial charge < -0.3 is 11.1 Å². The second-order valence-electron chi connectivity index (χ2n) is 5.69. The third-order valence-corrected chi connectivity index (χ3v) is 3.55. The van der Waals surface area contributed by atoms with Crippen LogP contribution in [0.2, 0.25) is 0 Å². The molecular weight excluding hydrogens is 255 g/mol. The molecule has 0 fully saturated rings. The van der Waals surface area contributed by atoms with Crippen LogP contribution >= 0.6 is 0 Å². The zero-order chi connectivity index (χ0) is 15.1. The van der Waals surface area contributed by atoms with E-state index in [0.29, 0.717) is 30.5 Å². The predicted octanol–water partition coefficient (Wildman–Crippen LogP) is 3.47. The third kappa shape index (κ3) is 5.70. The summed E-state index contributed by atoms with van der Waals surface area (Å²) >= 11 is 0. The molecule has 20 heavy (non-hydrogen) atoms. The SMILES string of the molecule is Cc1cc(F)cc(NC(=O)CCC(CCN)C(C)C)c1. The van der Waals surface area contributed by atoms with E-state index >= 15 is 0 Å². The first-order valence-electron chi connectivity index (χ1n) is 7.19. The Morgan fingerprint density at radius 1 is 1.30 bits per heavy atom. The van der Waals surface area contributed by atoms with Crippen molar-refractivity contribution in [3.8, 4) is 0 Å². The van der Waals surface area contributed by atoms with E-state index in [1.54, 1.807) is 13.0 Å². The lowest BCUT2D eigenvalue weighted by atomic mass is 9.88. The highest BCUT2D eigenvalue weighted by molar-refractivity contribution is 5.90. The highest BCUT2D eigenvalue weighted by atomic mass is 19.1. The minimum Gasteiger partial charge on any atom is -0.330 e. The zero-order valence-electron chi connectivity index (χ0n) is 12.6. The van der Waals surface area contributed by atoms with Crippen LogP contribution in [-0.4, -0.2) is 12.5 Å². The molecule has 1 amide bonds. The van der Waals surface area contributed by atoms with Gasteiger partial charge in [0.15, 0.2) is 0 Å². The van der Waals surface area contributed by atoms with E-state index in [2.05, 4.69) is 19.2 Å². The quantitative estimate of drug-likeness (QED) is 0.803. The van der Waals surface area contributed by atoms with Gasteiger partial charge in [-0.25, -0.2) is 4.39 Å². The van der Waals surface area contributed by atoms with Crippen LogP contribution in [0.15, 0.2) is 18.2 Å². The summed E-state index contributed by atoms with van der Waals surface area (Å²) in [5.74, 6) is 0.573. The van der Waals surface area contributed by atoms with Gasteiger partial charge in [0.2, 0.25) is 5.91 Å². The molecule has 1 aromatic carbocycles. The summed E-state index contributed by atoms with van der Waals surface area (Å²) in [4.78, 5) is 11.9. The van der Waals surface area contributed by atoms with E-state index in [4.69, 9.17) is 5.73 Å². The number of nitrogens with two attached hydrogens (primary N) is 1. The summed E-state index contributed by atoms with van der Waals surface area (Å²) in [7, 11) is 0. The molecule has 1 unspecified atom stereocenters. The second-order valence-corrected chi connectivity index (χ2v) is 5.69. The van der Waals surface area contributed by atoms with Gasteiger partial charge in [0.05, 0.1) is 0 Å². The average molecular weight is 280 g/mol. The topological polar surface area (TPSA) is 55.1 Å². The minimum absolute atomic E-state index is 0.0716. The van der Waals surface area contributed by atoms with Gasteiger partial charge in [0, 0.05) is 12.1 Å². The van der Waals surface area contributed by atoms with Crippen LogP contribution in [-0.2, 0) is 4.79 Å². The lowest BCUT2D eigenvalue weighted by Gasteiger charge is -2.19. The monoisotopic (exact) mass is 280 g/mol. The molecule has 0 aliphatic rings. The summed E-state index contributed by atoms with van der Waals surface area (Å²) in [6, 6.07) is 4.54. The van der Waals surface area contributed by atoms with Crippen molar-refractivity contribution in [2.75, 3.05) is 11.9 Å². The maximum Gasteiger partial charge on any atom is 0.224 e. The number of aryl methyl sites for hydroxylation is 1. The Hall–Kier alpha value is -1.42. The number of benzene rings is 1. The summed E-state index contributed by atoms with van der Waals surface area (Å²) in [6.07, 6.45) is 2.19. The molecule has 3 N–H and O–H groups in total. The van der Waals surface area contributed by atoms with Crippen LogP contribution in [0.1, 0.15) is 38.7 Å². The van der Waals surface area contributed by atoms with Gasteiger partial charge >= 0.3 is 0 Å². The standard InChI is InChI=1S/C16H25FN2O/c1-11(2)13(6-7-18)4-5-16(20)19-15-9-12(3)8-14(17)10-15/h8-11,13H,4-7,18H2,1-3H3,(H,19,20). The van der Waals surface area contributed by atoms with Crippen LogP contribution in [0, 0.1) is 24.6 Å². The Morgan fingerprint density at radius 3 is 2.55 bits per heavy atom. The van der Waals surface area contributed by atoms with Gasteiger partial charge in [-0.2, -0.15) is 0 Å². The number of hydrogen-bond donors (Lipinski definition) is 2. The molecule has 0 bridgehead atoms. The molecule has 1 aromatic rings. The minimum atomic E-state index is -0.330. The molecule has 0 aliphatic heterocycles. The van der Waals surface area contributed by atoms with Crippen LogP contribution < -0.4 is 11.1 Å². The Labute approximate surface area is 120 Å². The van der Waals surface area contributed by atoms with Crippen molar-refractivity contribution >= 4 is 11.6 Å². The number of halogens is 1. The van der Waals surface area contributed by atoms with Crippen molar-refractivity contribution in [2.45, 2.75) is 40.0 Å². The fraction of sp³-hybridized carbons (Fsp3) is 0.562. The lowest BCUT2D eigenvalue weighted by Crippen LogP contribution is -2.18. The van der Waals surface area contributed by atoms with Crippen molar-refractivity contribution in [3.63, 3.8) is 0 Å². The summed E-state index contributed by atoms with van der Waals surface area (Å²) in [5.41, 5.74) is 6.90. The number of hydrogen-bond acceptors (Lipinski definition) is 2. The first-order valence-corrected chi connectivity index (χ1v) is 7.19. The number of amides is 1. The summed E-state index contributed by atoms with van der Waals surface area (Å²) < 4.78 is 13.2. The van der Waals surface area contributed by atoms with Crippen LogP contribution in [0.5, 0.6) is 0 Å². The zero-order valence-corrected chi connectivity index (χ0v) is 12.6. The Kier molecular flexibility index (Phi) is 6.65. The molecule has 0 saturated heterocycles. The fourth-order valence-corrected chi connectivity index (χ4v) is 2.37. The third-order valence-electron chi connectivity index (χ3n) is 3.55. The second kappa shape index (κ2) is 8.00. The van der Waals surface area contributed by atoms with Crippen molar-refractivity contribution < 1.29 is 9.18 Å². The van der Waals surface area contributed by atoms with Crippen molar-refractivity contribution in [1.29, 1.82) is 0 Å². The molecule has 0 radical (unpaired) electrons. The fourth-order valence-electron chi connectivity index (χ4n) is 2.37. The van der Waals surface area contributed by atoms with Gasteiger partial charge in [-0.15, -0.1) is 0 Å². The van der Waals surface area contributed by atoms with Gasteiger partial charge in [0.25, 0.3) is 0 Å². The van der Waals surface area contributed by atoms with E-state index in [9.17, 15) is 9.18 Å². The van der Waals surface area contributed by atoms with Gasteiger partial charge in [-0.05, 0) is 61.9 Å². The number of carbonyl (C=O) groups excluding carboxylic acids is 1. The number of anilines is 1. The molecule has 0 heterocycles. The Morgan fingerprint density at radius 2 is 2.00 bits per heavy atom. The van der Waals surface area contributed by atoms with E-state index < -0.39 is 0 Å². The molecule has 4 heteroatoms. The number of carbonyl (C=O) groups is 1. The smallest absolute Gasteiger partial charge is 0.224 e. The van der Waals surface area contributed by atoms with E-state index in [-0.39, 0.29) is 11.7 Å². The average Bonchev–Trinajstić information content (AvgIpc) is 2.32. The van der Waals surface area contributed by atoms with Crippen LogP contribution in [0.4, 0.5) is 10.1 Å². The number of rotatable bonds is 7. The van der Waals surface area contributed by atoms with Crippen LogP contribution in [0.25, 0.3) is 0 Å². The normalized spacial score (nSPS) is 12.5. The number of nitrogens with one attached hydrogen (secondary N) is 1. The van der Waals surface area contributed by atoms with E-state index in [0.717, 1.165) is 18.4 Å². The molecule has 0 aromatic heterocycles. The molecule has 1 atom stereocenters. The molecular formula is C16H25FN2O. The molecule has 1 rings (SSSR count). The summed E-state index contributed by atoms with van der Waals surface area (Å²) in [6.45, 7) is 6.74. The Bertz CT molecular complexity index is 426. The maximum absolute atomic E-state index is 13.2.